The normalized spacial score (nSPS) is 11.9. The molecule has 0 aliphatic carbocycles. The summed E-state index contributed by atoms with van der Waals surface area (Å²) in [6.45, 7) is 0.396. The number of hydrogen-bond donors (Lipinski definition) is 1. The fraction of sp³-hybridized carbons (Fsp3) is 0.250. The minimum Gasteiger partial charge on any atom is -0.323 e. The van der Waals surface area contributed by atoms with Gasteiger partial charge in [-0.15, -0.1) is 0 Å². The van der Waals surface area contributed by atoms with Gasteiger partial charge in [0.05, 0.1) is 27.4 Å². The Labute approximate surface area is 119 Å². The zero-order chi connectivity index (χ0) is 14.6. The Morgan fingerprint density at radius 3 is 2.60 bits per heavy atom. The van der Waals surface area contributed by atoms with Crippen molar-refractivity contribution in [2.75, 3.05) is 27.7 Å². The van der Waals surface area contributed by atoms with Gasteiger partial charge in [-0.05, 0) is 10.8 Å². The van der Waals surface area contributed by atoms with E-state index >= 15 is 0 Å². The third kappa shape index (κ3) is 3.90. The number of likely N-dealkylation sites (N-methyl/N-ethyl adjacent to an activating group) is 1. The van der Waals surface area contributed by atoms with Gasteiger partial charge >= 0.3 is 0 Å². The third-order valence-electron chi connectivity index (χ3n) is 2.83. The van der Waals surface area contributed by atoms with Crippen LogP contribution in [0.3, 0.4) is 0 Å². The SMILES string of the molecule is C[N+](C)(C)CC(=O)N/N=C/c1cccc2ccccc12. The molecule has 0 aliphatic rings. The fourth-order valence-electron chi connectivity index (χ4n) is 2.00. The molecule has 0 atom stereocenters. The Balaban J connectivity index is 2.09. The smallest absolute Gasteiger partial charge is 0.295 e. The van der Waals surface area contributed by atoms with Crippen molar-refractivity contribution in [3.8, 4) is 0 Å². The van der Waals surface area contributed by atoms with Crippen LogP contribution in [0.5, 0.6) is 0 Å². The lowest BCUT2D eigenvalue weighted by Gasteiger charge is -2.21. The van der Waals surface area contributed by atoms with E-state index < -0.39 is 0 Å². The molecule has 0 heterocycles. The third-order valence-corrected chi connectivity index (χ3v) is 2.83. The summed E-state index contributed by atoms with van der Waals surface area (Å²) in [7, 11) is 5.90. The molecular weight excluding hydrogens is 250 g/mol. The Morgan fingerprint density at radius 1 is 1.15 bits per heavy atom. The zero-order valence-corrected chi connectivity index (χ0v) is 12.1. The molecule has 4 nitrogen and oxygen atoms in total. The molecule has 104 valence electrons. The number of carbonyl (C=O) groups is 1. The highest BCUT2D eigenvalue weighted by molar-refractivity contribution is 5.99. The highest BCUT2D eigenvalue weighted by Crippen LogP contribution is 2.16. The average Bonchev–Trinajstić information content (AvgIpc) is 2.37. The second kappa shape index (κ2) is 5.84. The molecule has 2 rings (SSSR count). The summed E-state index contributed by atoms with van der Waals surface area (Å²) in [4.78, 5) is 11.7. The number of nitrogens with zero attached hydrogens (tertiary/aromatic N) is 2. The van der Waals surface area contributed by atoms with Crippen LogP contribution < -0.4 is 5.43 Å². The number of rotatable bonds is 4. The number of hydrazone groups is 1. The van der Waals surface area contributed by atoms with Gasteiger partial charge in [0, 0.05) is 5.56 Å². The molecule has 0 saturated heterocycles. The summed E-state index contributed by atoms with van der Waals surface area (Å²) < 4.78 is 0.579. The van der Waals surface area contributed by atoms with Crippen LogP contribution in [-0.2, 0) is 4.79 Å². The predicted octanol–water partition coefficient (Wildman–Crippen LogP) is 2.00. The Bertz CT molecular complexity index is 636. The summed E-state index contributed by atoms with van der Waals surface area (Å²) in [6, 6.07) is 14.1. The molecule has 0 radical (unpaired) electrons. The number of hydrogen-bond acceptors (Lipinski definition) is 2. The van der Waals surface area contributed by atoms with Gasteiger partial charge in [-0.25, -0.2) is 5.43 Å². The summed E-state index contributed by atoms with van der Waals surface area (Å²) in [6.07, 6.45) is 1.69. The van der Waals surface area contributed by atoms with E-state index in [2.05, 4.69) is 22.7 Å². The summed E-state index contributed by atoms with van der Waals surface area (Å²) in [5.41, 5.74) is 3.56. The van der Waals surface area contributed by atoms with Crippen molar-refractivity contribution >= 4 is 22.9 Å². The molecule has 1 amide bonds. The molecule has 0 spiro atoms. The van der Waals surface area contributed by atoms with Crippen LogP contribution in [0.25, 0.3) is 10.8 Å². The van der Waals surface area contributed by atoms with E-state index in [1.165, 1.54) is 0 Å². The van der Waals surface area contributed by atoms with Crippen LogP contribution in [0.4, 0.5) is 0 Å². The number of benzene rings is 2. The average molecular weight is 270 g/mol. The van der Waals surface area contributed by atoms with Crippen molar-refractivity contribution in [1.82, 2.24) is 5.43 Å². The molecule has 0 aromatic heterocycles. The quantitative estimate of drug-likeness (QED) is 0.515. The number of fused-ring (bicyclic) bond motifs is 1. The van der Waals surface area contributed by atoms with Crippen LogP contribution in [0.15, 0.2) is 47.6 Å². The maximum atomic E-state index is 11.7. The minimum atomic E-state index is -0.0889. The Morgan fingerprint density at radius 2 is 1.85 bits per heavy atom. The van der Waals surface area contributed by atoms with Crippen LogP contribution in [0.1, 0.15) is 5.56 Å². The van der Waals surface area contributed by atoms with Gasteiger partial charge in [0.1, 0.15) is 0 Å². The largest absolute Gasteiger partial charge is 0.323 e. The number of amides is 1. The van der Waals surface area contributed by atoms with Crippen molar-refractivity contribution in [2.45, 2.75) is 0 Å². The first kappa shape index (κ1) is 14.2. The lowest BCUT2D eigenvalue weighted by molar-refractivity contribution is -0.862. The van der Waals surface area contributed by atoms with Crippen LogP contribution >= 0.6 is 0 Å². The van der Waals surface area contributed by atoms with Crippen LogP contribution in [0.2, 0.25) is 0 Å². The zero-order valence-electron chi connectivity index (χ0n) is 12.1. The first-order valence-corrected chi connectivity index (χ1v) is 6.56. The minimum absolute atomic E-state index is 0.0889. The van der Waals surface area contributed by atoms with Gasteiger partial charge in [0.2, 0.25) is 0 Å². The molecule has 20 heavy (non-hydrogen) atoms. The molecule has 0 bridgehead atoms. The first-order valence-electron chi connectivity index (χ1n) is 6.56. The molecule has 1 N–H and O–H groups in total. The van der Waals surface area contributed by atoms with E-state index in [9.17, 15) is 4.79 Å². The molecule has 2 aromatic rings. The van der Waals surface area contributed by atoms with Crippen molar-refractivity contribution in [3.63, 3.8) is 0 Å². The molecular formula is C16H20N3O+. The van der Waals surface area contributed by atoms with Gasteiger partial charge in [-0.3, -0.25) is 4.79 Å². The summed E-state index contributed by atoms with van der Waals surface area (Å²) >= 11 is 0. The standard InChI is InChI=1S/C16H19N3O/c1-19(2,3)12-16(20)18-17-11-14-9-6-8-13-7-4-5-10-15(13)14/h4-11H,12H2,1-3H3/p+1/b17-11+. The molecule has 0 unspecified atom stereocenters. The van der Waals surface area contributed by atoms with Crippen molar-refractivity contribution in [2.24, 2.45) is 5.10 Å². The maximum Gasteiger partial charge on any atom is 0.295 e. The van der Waals surface area contributed by atoms with Crippen LogP contribution in [-0.4, -0.2) is 44.3 Å². The van der Waals surface area contributed by atoms with Crippen molar-refractivity contribution in [1.29, 1.82) is 0 Å². The van der Waals surface area contributed by atoms with Gasteiger partial charge in [0.25, 0.3) is 5.91 Å². The molecule has 4 heteroatoms. The predicted molar refractivity (Wildman–Crippen MR) is 82.6 cm³/mol. The van der Waals surface area contributed by atoms with Crippen molar-refractivity contribution in [3.05, 3.63) is 48.0 Å². The molecule has 0 fully saturated rings. The number of carbonyl (C=O) groups excluding carboxylic acids is 1. The first-order chi connectivity index (χ1) is 9.46. The van der Waals surface area contributed by atoms with Gasteiger partial charge in [-0.1, -0.05) is 42.5 Å². The van der Waals surface area contributed by atoms with E-state index in [0.29, 0.717) is 11.0 Å². The lowest BCUT2D eigenvalue weighted by Crippen LogP contribution is -2.43. The van der Waals surface area contributed by atoms with Gasteiger partial charge < -0.3 is 4.48 Å². The van der Waals surface area contributed by atoms with Crippen molar-refractivity contribution < 1.29 is 9.28 Å². The Hall–Kier alpha value is -2.20. The monoisotopic (exact) mass is 270 g/mol. The lowest BCUT2D eigenvalue weighted by atomic mass is 10.1. The van der Waals surface area contributed by atoms with E-state index in [0.717, 1.165) is 16.3 Å². The highest BCUT2D eigenvalue weighted by atomic mass is 16.2. The number of nitrogens with one attached hydrogen (secondary N) is 1. The van der Waals surface area contributed by atoms with E-state index in [4.69, 9.17) is 0 Å². The summed E-state index contributed by atoms with van der Waals surface area (Å²) in [5, 5.41) is 6.33. The van der Waals surface area contributed by atoms with Gasteiger partial charge in [0.15, 0.2) is 6.54 Å². The molecule has 0 saturated carbocycles. The maximum absolute atomic E-state index is 11.7. The molecule has 0 aliphatic heterocycles. The summed E-state index contributed by atoms with van der Waals surface area (Å²) in [5.74, 6) is -0.0889. The number of quaternary nitrogens is 1. The van der Waals surface area contributed by atoms with Crippen LogP contribution in [0, 0.1) is 0 Å². The van der Waals surface area contributed by atoms with E-state index in [1.807, 2.05) is 51.5 Å². The van der Waals surface area contributed by atoms with Gasteiger partial charge in [-0.2, -0.15) is 5.10 Å². The van der Waals surface area contributed by atoms with E-state index in [-0.39, 0.29) is 5.91 Å². The fourth-order valence-corrected chi connectivity index (χ4v) is 2.00. The second-order valence-corrected chi connectivity index (χ2v) is 5.81. The Kier molecular flexibility index (Phi) is 4.15. The second-order valence-electron chi connectivity index (χ2n) is 5.81. The molecule has 2 aromatic carbocycles. The highest BCUT2D eigenvalue weighted by Gasteiger charge is 2.13. The topological polar surface area (TPSA) is 41.5 Å². The van der Waals surface area contributed by atoms with E-state index in [1.54, 1.807) is 6.21 Å².